The Morgan fingerprint density at radius 2 is 1.61 bits per heavy atom. The first-order chi connectivity index (χ1) is 13.3. The molecule has 0 spiro atoms. The fourth-order valence-corrected chi connectivity index (χ4v) is 5.03. The van der Waals surface area contributed by atoms with Gasteiger partial charge in [-0.05, 0) is 49.2 Å². The average molecular weight is 402 g/mol. The molecule has 0 unspecified atom stereocenters. The van der Waals surface area contributed by atoms with Crippen LogP contribution in [0.15, 0.2) is 36.4 Å². The smallest absolute Gasteiger partial charge is 0.126 e. The first kappa shape index (κ1) is 21.4. The monoisotopic (exact) mass is 401 g/mol. The summed E-state index contributed by atoms with van der Waals surface area (Å²) in [7, 11) is 1.76. The standard InChI is InChI=1S/C24H34N2O.ClH/c1-27-24-14-6-12-22-20(8-5-13-23(22)24)9-7-15-25-16-18-26(19-17-25)21-10-3-2-4-11-21;/h5-6,8,12-14,21H,2-4,7,9-11,15-19H2,1H3;1H/p-1. The molecule has 0 aromatic heterocycles. The second-order valence-corrected chi connectivity index (χ2v) is 8.25. The number of ether oxygens (including phenoxy) is 1. The quantitative estimate of drug-likeness (QED) is 0.733. The van der Waals surface area contributed by atoms with Gasteiger partial charge >= 0.3 is 0 Å². The molecule has 0 N–H and O–H groups in total. The van der Waals surface area contributed by atoms with Crippen molar-refractivity contribution < 1.29 is 17.1 Å². The SMILES string of the molecule is COc1cccc2c(CCCN3CCN(C4CCCCC4)CC3)cccc12.[Cl-]. The number of rotatable bonds is 6. The van der Waals surface area contributed by atoms with Crippen molar-refractivity contribution >= 4 is 10.8 Å². The van der Waals surface area contributed by atoms with E-state index in [9.17, 15) is 0 Å². The van der Waals surface area contributed by atoms with Gasteiger partial charge in [0.25, 0.3) is 0 Å². The van der Waals surface area contributed by atoms with Gasteiger partial charge in [0.1, 0.15) is 5.75 Å². The van der Waals surface area contributed by atoms with Crippen molar-refractivity contribution in [2.24, 2.45) is 0 Å². The minimum atomic E-state index is 0. The number of benzene rings is 2. The molecule has 4 heteroatoms. The van der Waals surface area contributed by atoms with E-state index in [2.05, 4.69) is 46.2 Å². The van der Waals surface area contributed by atoms with Crippen molar-refractivity contribution in [1.29, 1.82) is 0 Å². The van der Waals surface area contributed by atoms with Crippen LogP contribution < -0.4 is 17.1 Å². The van der Waals surface area contributed by atoms with Gasteiger partial charge in [0.05, 0.1) is 7.11 Å². The van der Waals surface area contributed by atoms with E-state index in [0.717, 1.165) is 18.2 Å². The van der Waals surface area contributed by atoms with Crippen molar-refractivity contribution in [1.82, 2.24) is 9.80 Å². The Bertz CT molecular complexity index is 736. The highest BCUT2D eigenvalue weighted by atomic mass is 35.5. The minimum Gasteiger partial charge on any atom is -1.00 e. The highest BCUT2D eigenvalue weighted by molar-refractivity contribution is 5.90. The fraction of sp³-hybridized carbons (Fsp3) is 0.583. The van der Waals surface area contributed by atoms with Crippen LogP contribution in [0.3, 0.4) is 0 Å². The second kappa shape index (κ2) is 10.5. The molecular weight excluding hydrogens is 368 g/mol. The van der Waals surface area contributed by atoms with Crippen LogP contribution in [0.1, 0.15) is 44.1 Å². The molecule has 4 rings (SSSR count). The lowest BCUT2D eigenvalue weighted by molar-refractivity contribution is -0.00000587. The highest BCUT2D eigenvalue weighted by Crippen LogP contribution is 2.28. The molecule has 0 bridgehead atoms. The second-order valence-electron chi connectivity index (χ2n) is 8.25. The molecule has 0 atom stereocenters. The topological polar surface area (TPSA) is 15.7 Å². The zero-order chi connectivity index (χ0) is 18.5. The molecule has 2 fully saturated rings. The summed E-state index contributed by atoms with van der Waals surface area (Å²) < 4.78 is 5.53. The van der Waals surface area contributed by atoms with Crippen LogP contribution in [0.4, 0.5) is 0 Å². The van der Waals surface area contributed by atoms with Crippen molar-refractivity contribution in [3.05, 3.63) is 42.0 Å². The van der Waals surface area contributed by atoms with Crippen molar-refractivity contribution in [2.75, 3.05) is 39.8 Å². The Hall–Kier alpha value is -1.29. The molecule has 2 aromatic rings. The Labute approximate surface area is 176 Å². The molecule has 1 saturated heterocycles. The number of nitrogens with zero attached hydrogens (tertiary/aromatic N) is 2. The van der Waals surface area contributed by atoms with Gasteiger partial charge in [0, 0.05) is 37.6 Å². The highest BCUT2D eigenvalue weighted by Gasteiger charge is 2.24. The van der Waals surface area contributed by atoms with Gasteiger partial charge in [0.2, 0.25) is 0 Å². The lowest BCUT2D eigenvalue weighted by Crippen LogP contribution is -3.00. The number of halogens is 1. The molecule has 28 heavy (non-hydrogen) atoms. The predicted octanol–water partition coefficient (Wildman–Crippen LogP) is 1.74. The van der Waals surface area contributed by atoms with Gasteiger partial charge in [-0.2, -0.15) is 0 Å². The van der Waals surface area contributed by atoms with E-state index in [4.69, 9.17) is 4.74 Å². The lowest BCUT2D eigenvalue weighted by atomic mass is 9.94. The van der Waals surface area contributed by atoms with Crippen molar-refractivity contribution in [2.45, 2.75) is 51.0 Å². The van der Waals surface area contributed by atoms with Crippen LogP contribution in [-0.2, 0) is 6.42 Å². The van der Waals surface area contributed by atoms with Crippen LogP contribution in [0.2, 0.25) is 0 Å². The van der Waals surface area contributed by atoms with Crippen LogP contribution in [0, 0.1) is 0 Å². The van der Waals surface area contributed by atoms with Gasteiger partial charge in [-0.15, -0.1) is 0 Å². The van der Waals surface area contributed by atoms with E-state index >= 15 is 0 Å². The molecule has 1 saturated carbocycles. The van der Waals surface area contributed by atoms with Gasteiger partial charge in [0.15, 0.2) is 0 Å². The maximum absolute atomic E-state index is 5.53. The summed E-state index contributed by atoms with van der Waals surface area (Å²) in [4.78, 5) is 5.44. The number of hydrogen-bond donors (Lipinski definition) is 0. The predicted molar refractivity (Wildman–Crippen MR) is 114 cm³/mol. The molecule has 1 aliphatic carbocycles. The zero-order valence-corrected chi connectivity index (χ0v) is 18.0. The van der Waals surface area contributed by atoms with E-state index in [1.54, 1.807) is 7.11 Å². The number of aryl methyl sites for hydroxylation is 1. The van der Waals surface area contributed by atoms with E-state index in [1.165, 1.54) is 87.6 Å². The molecule has 2 aromatic carbocycles. The van der Waals surface area contributed by atoms with Crippen LogP contribution >= 0.6 is 0 Å². The van der Waals surface area contributed by atoms with Crippen molar-refractivity contribution in [3.8, 4) is 5.75 Å². The summed E-state index contributed by atoms with van der Waals surface area (Å²) in [6.45, 7) is 6.27. The normalized spacial score (nSPS) is 19.5. The average Bonchev–Trinajstić information content (AvgIpc) is 2.74. The van der Waals surface area contributed by atoms with Crippen LogP contribution in [0.5, 0.6) is 5.75 Å². The van der Waals surface area contributed by atoms with E-state index in [-0.39, 0.29) is 12.4 Å². The van der Waals surface area contributed by atoms with E-state index in [1.807, 2.05) is 0 Å². The van der Waals surface area contributed by atoms with Gasteiger partial charge in [-0.3, -0.25) is 4.90 Å². The maximum Gasteiger partial charge on any atom is 0.126 e. The minimum absolute atomic E-state index is 0. The molecule has 1 aliphatic heterocycles. The zero-order valence-electron chi connectivity index (χ0n) is 17.2. The van der Waals surface area contributed by atoms with Crippen LogP contribution in [0.25, 0.3) is 10.8 Å². The number of hydrogen-bond acceptors (Lipinski definition) is 3. The Balaban J connectivity index is 0.00000225. The molecule has 1 heterocycles. The Morgan fingerprint density at radius 3 is 2.36 bits per heavy atom. The summed E-state index contributed by atoms with van der Waals surface area (Å²) >= 11 is 0. The molecular formula is C24H34ClN2O-. The Morgan fingerprint density at radius 1 is 0.893 bits per heavy atom. The third kappa shape index (κ3) is 5.00. The van der Waals surface area contributed by atoms with Crippen molar-refractivity contribution in [3.63, 3.8) is 0 Å². The van der Waals surface area contributed by atoms with Gasteiger partial charge in [-0.1, -0.05) is 49.6 Å². The molecule has 0 amide bonds. The first-order valence-electron chi connectivity index (χ1n) is 10.9. The largest absolute Gasteiger partial charge is 1.00 e. The van der Waals surface area contributed by atoms with E-state index < -0.39 is 0 Å². The number of fused-ring (bicyclic) bond motifs is 1. The lowest BCUT2D eigenvalue weighted by Gasteiger charge is -2.40. The third-order valence-electron chi connectivity index (χ3n) is 6.61. The summed E-state index contributed by atoms with van der Waals surface area (Å²) in [5.41, 5.74) is 1.45. The first-order valence-corrected chi connectivity index (χ1v) is 10.9. The molecule has 0 radical (unpaired) electrons. The molecule has 154 valence electrons. The Kier molecular flexibility index (Phi) is 8.01. The summed E-state index contributed by atoms with van der Waals surface area (Å²) in [6.07, 6.45) is 9.60. The number of methoxy groups -OCH3 is 1. The van der Waals surface area contributed by atoms with Crippen LogP contribution in [-0.4, -0.2) is 55.7 Å². The van der Waals surface area contributed by atoms with Gasteiger partial charge in [-0.25, -0.2) is 0 Å². The molecule has 3 nitrogen and oxygen atoms in total. The third-order valence-corrected chi connectivity index (χ3v) is 6.61. The van der Waals surface area contributed by atoms with Gasteiger partial charge < -0.3 is 22.0 Å². The summed E-state index contributed by atoms with van der Waals surface area (Å²) in [6, 6.07) is 13.9. The molecule has 2 aliphatic rings. The fourth-order valence-electron chi connectivity index (χ4n) is 5.03. The van der Waals surface area contributed by atoms with E-state index in [0.29, 0.717) is 0 Å². The summed E-state index contributed by atoms with van der Waals surface area (Å²) in [5, 5.41) is 2.58. The summed E-state index contributed by atoms with van der Waals surface area (Å²) in [5.74, 6) is 0.980. The number of piperazine rings is 1. The maximum atomic E-state index is 5.53.